The third-order valence-electron chi connectivity index (χ3n) is 2.57. The van der Waals surface area contributed by atoms with Gasteiger partial charge in [-0.05, 0) is 40.2 Å². The smallest absolute Gasteiger partial charge is 0.178 e. The number of aromatic nitrogens is 3. The molecule has 0 spiro atoms. The van der Waals surface area contributed by atoms with Gasteiger partial charge >= 0.3 is 0 Å². The molecule has 3 N–H and O–H groups in total. The number of imidazole rings is 1. The summed E-state index contributed by atoms with van der Waals surface area (Å²) in [5, 5.41) is 0. The number of fused-ring (bicyclic) bond motifs is 1. The Morgan fingerprint density at radius 1 is 1.18 bits per heavy atom. The molecule has 17 heavy (non-hydrogen) atoms. The van der Waals surface area contributed by atoms with Gasteiger partial charge in [0.1, 0.15) is 5.82 Å². The van der Waals surface area contributed by atoms with Gasteiger partial charge < -0.3 is 10.7 Å². The van der Waals surface area contributed by atoms with Crippen LogP contribution in [0.3, 0.4) is 0 Å². The van der Waals surface area contributed by atoms with E-state index in [1.165, 1.54) is 0 Å². The summed E-state index contributed by atoms with van der Waals surface area (Å²) in [5.74, 6) is 0.734. The first kappa shape index (κ1) is 10.3. The number of hydrogen-bond donors (Lipinski definition) is 2. The maximum absolute atomic E-state index is 6.01. The van der Waals surface area contributed by atoms with Gasteiger partial charge in [-0.15, -0.1) is 0 Å². The highest BCUT2D eigenvalue weighted by molar-refractivity contribution is 9.10. The lowest BCUT2D eigenvalue weighted by atomic mass is 10.2. The zero-order valence-electron chi connectivity index (χ0n) is 8.81. The van der Waals surface area contributed by atoms with Crippen LogP contribution in [0.25, 0.3) is 22.6 Å². The van der Waals surface area contributed by atoms with Crippen LogP contribution in [0.5, 0.6) is 0 Å². The Balaban J connectivity index is 2.24. The number of benzene rings is 1. The van der Waals surface area contributed by atoms with E-state index in [2.05, 4.69) is 30.9 Å². The molecule has 0 saturated carbocycles. The standard InChI is InChI=1S/C12H9BrN4/c13-8-4-1-3-7(10(8)14)11-16-9-5-2-6-15-12(9)17-11/h1-6H,14H2,(H,15,16,17). The average molecular weight is 289 g/mol. The van der Waals surface area contributed by atoms with Crippen molar-refractivity contribution in [1.82, 2.24) is 15.0 Å². The van der Waals surface area contributed by atoms with Crippen LogP contribution >= 0.6 is 15.9 Å². The summed E-state index contributed by atoms with van der Waals surface area (Å²) in [7, 11) is 0. The molecule has 5 heteroatoms. The van der Waals surface area contributed by atoms with Crippen LogP contribution in [0.4, 0.5) is 5.69 Å². The molecule has 3 rings (SSSR count). The predicted molar refractivity (Wildman–Crippen MR) is 71.4 cm³/mol. The second kappa shape index (κ2) is 3.85. The SMILES string of the molecule is Nc1c(Br)cccc1-c1nc2ncccc2[nH]1. The molecule has 3 aromatic rings. The Morgan fingerprint density at radius 2 is 2.06 bits per heavy atom. The van der Waals surface area contributed by atoms with Crippen molar-refractivity contribution in [2.75, 3.05) is 5.73 Å². The summed E-state index contributed by atoms with van der Waals surface area (Å²) >= 11 is 3.40. The van der Waals surface area contributed by atoms with Crippen molar-refractivity contribution in [3.8, 4) is 11.4 Å². The number of H-pyrrole nitrogens is 1. The summed E-state index contributed by atoms with van der Waals surface area (Å²) in [6.07, 6.45) is 1.72. The van der Waals surface area contributed by atoms with Crippen molar-refractivity contribution in [1.29, 1.82) is 0 Å². The first-order valence-electron chi connectivity index (χ1n) is 5.11. The van der Waals surface area contributed by atoms with Crippen LogP contribution in [-0.4, -0.2) is 15.0 Å². The Morgan fingerprint density at radius 3 is 2.88 bits per heavy atom. The van der Waals surface area contributed by atoms with Gasteiger partial charge in [-0.1, -0.05) is 6.07 Å². The molecule has 1 aromatic carbocycles. The summed E-state index contributed by atoms with van der Waals surface area (Å²) in [6, 6.07) is 9.56. The second-order valence-corrected chi connectivity index (χ2v) is 4.52. The molecule has 0 aliphatic carbocycles. The fourth-order valence-corrected chi connectivity index (χ4v) is 2.08. The molecular formula is C12H9BrN4. The topological polar surface area (TPSA) is 67.6 Å². The van der Waals surface area contributed by atoms with Gasteiger partial charge in [0.2, 0.25) is 0 Å². The van der Waals surface area contributed by atoms with Crippen molar-refractivity contribution in [2.24, 2.45) is 0 Å². The number of aromatic amines is 1. The lowest BCUT2D eigenvalue weighted by Crippen LogP contribution is -1.92. The highest BCUT2D eigenvalue weighted by Crippen LogP contribution is 2.30. The van der Waals surface area contributed by atoms with Gasteiger partial charge in [-0.3, -0.25) is 0 Å². The van der Waals surface area contributed by atoms with Crippen LogP contribution < -0.4 is 5.73 Å². The van der Waals surface area contributed by atoms with Crippen molar-refractivity contribution in [3.05, 3.63) is 41.0 Å². The minimum Gasteiger partial charge on any atom is -0.397 e. The summed E-state index contributed by atoms with van der Waals surface area (Å²) in [5.41, 5.74) is 9.16. The number of para-hydroxylation sites is 1. The number of nitrogens with two attached hydrogens (primary N) is 1. The van der Waals surface area contributed by atoms with E-state index in [4.69, 9.17) is 5.73 Å². The summed E-state index contributed by atoms with van der Waals surface area (Å²) in [4.78, 5) is 11.8. The maximum Gasteiger partial charge on any atom is 0.178 e. The zero-order chi connectivity index (χ0) is 11.8. The highest BCUT2D eigenvalue weighted by Gasteiger charge is 2.10. The quantitative estimate of drug-likeness (QED) is 0.677. The van der Waals surface area contributed by atoms with E-state index in [-0.39, 0.29) is 0 Å². The van der Waals surface area contributed by atoms with Gasteiger partial charge in [-0.25, -0.2) is 9.97 Å². The van der Waals surface area contributed by atoms with Gasteiger partial charge in [0, 0.05) is 16.2 Å². The molecule has 84 valence electrons. The van der Waals surface area contributed by atoms with Crippen molar-refractivity contribution < 1.29 is 0 Å². The van der Waals surface area contributed by atoms with Crippen molar-refractivity contribution >= 4 is 32.8 Å². The number of nitrogens with zero attached hydrogens (tertiary/aromatic N) is 2. The predicted octanol–water partition coefficient (Wildman–Crippen LogP) is 2.97. The summed E-state index contributed by atoms with van der Waals surface area (Å²) < 4.78 is 0.864. The lowest BCUT2D eigenvalue weighted by Gasteiger charge is -2.03. The van der Waals surface area contributed by atoms with E-state index in [0.29, 0.717) is 11.3 Å². The number of halogens is 1. The molecule has 0 aliphatic heterocycles. The Bertz CT molecular complexity index is 657. The number of nitrogen functional groups attached to an aromatic ring is 1. The molecule has 0 atom stereocenters. The van der Waals surface area contributed by atoms with Crippen molar-refractivity contribution in [2.45, 2.75) is 0 Å². The van der Waals surface area contributed by atoms with Crippen LogP contribution in [0.1, 0.15) is 0 Å². The normalized spacial score (nSPS) is 10.9. The molecular weight excluding hydrogens is 280 g/mol. The fourth-order valence-electron chi connectivity index (χ4n) is 1.72. The largest absolute Gasteiger partial charge is 0.397 e. The zero-order valence-corrected chi connectivity index (χ0v) is 10.4. The molecule has 0 saturated heterocycles. The lowest BCUT2D eigenvalue weighted by molar-refractivity contribution is 1.30. The van der Waals surface area contributed by atoms with Crippen LogP contribution in [-0.2, 0) is 0 Å². The van der Waals surface area contributed by atoms with E-state index in [1.54, 1.807) is 6.20 Å². The van der Waals surface area contributed by atoms with Crippen LogP contribution in [0.2, 0.25) is 0 Å². The Labute approximate surface area is 106 Å². The molecule has 2 heterocycles. The third kappa shape index (κ3) is 1.68. The molecule has 2 aromatic heterocycles. The molecule has 0 aliphatic rings. The molecule has 0 radical (unpaired) electrons. The summed E-state index contributed by atoms with van der Waals surface area (Å²) in [6.45, 7) is 0. The van der Waals surface area contributed by atoms with E-state index >= 15 is 0 Å². The van der Waals surface area contributed by atoms with E-state index in [1.807, 2.05) is 30.3 Å². The molecule has 0 unspecified atom stereocenters. The van der Waals surface area contributed by atoms with Crippen LogP contribution in [0, 0.1) is 0 Å². The number of rotatable bonds is 1. The first-order chi connectivity index (χ1) is 8.25. The molecule has 4 nitrogen and oxygen atoms in total. The van der Waals surface area contributed by atoms with Gasteiger partial charge in [-0.2, -0.15) is 0 Å². The minimum atomic E-state index is 0.673. The minimum absolute atomic E-state index is 0.673. The number of nitrogens with one attached hydrogen (secondary N) is 1. The average Bonchev–Trinajstić information content (AvgIpc) is 2.76. The van der Waals surface area contributed by atoms with E-state index in [9.17, 15) is 0 Å². The highest BCUT2D eigenvalue weighted by atomic mass is 79.9. The Hall–Kier alpha value is -1.88. The van der Waals surface area contributed by atoms with Crippen molar-refractivity contribution in [3.63, 3.8) is 0 Å². The van der Waals surface area contributed by atoms with E-state index < -0.39 is 0 Å². The molecule has 0 bridgehead atoms. The van der Waals surface area contributed by atoms with Gasteiger partial charge in [0.15, 0.2) is 5.65 Å². The molecule has 0 fully saturated rings. The maximum atomic E-state index is 6.01. The van der Waals surface area contributed by atoms with Gasteiger partial charge in [0.05, 0.1) is 11.2 Å². The third-order valence-corrected chi connectivity index (χ3v) is 3.26. The van der Waals surface area contributed by atoms with Crippen LogP contribution in [0.15, 0.2) is 41.0 Å². The Kier molecular flexibility index (Phi) is 2.33. The molecule has 0 amide bonds. The van der Waals surface area contributed by atoms with E-state index in [0.717, 1.165) is 21.4 Å². The fraction of sp³-hybridized carbons (Fsp3) is 0. The number of anilines is 1. The number of hydrogen-bond acceptors (Lipinski definition) is 3. The number of pyridine rings is 1. The second-order valence-electron chi connectivity index (χ2n) is 3.66. The first-order valence-corrected chi connectivity index (χ1v) is 5.90. The van der Waals surface area contributed by atoms with Gasteiger partial charge in [0.25, 0.3) is 0 Å². The monoisotopic (exact) mass is 288 g/mol.